The summed E-state index contributed by atoms with van der Waals surface area (Å²) in [6.45, 7) is 7.27. The second-order valence-electron chi connectivity index (χ2n) is 4.61. The second kappa shape index (κ2) is 4.84. The van der Waals surface area contributed by atoms with Gasteiger partial charge in [-0.3, -0.25) is 0 Å². The molecule has 0 saturated carbocycles. The normalized spacial score (nSPS) is 19.1. The lowest BCUT2D eigenvalue weighted by Gasteiger charge is -2.37. The van der Waals surface area contributed by atoms with E-state index in [1.165, 1.54) is 0 Å². The fourth-order valence-corrected chi connectivity index (χ4v) is 1.98. The third kappa shape index (κ3) is 3.38. The predicted octanol–water partition coefficient (Wildman–Crippen LogP) is 1.63. The van der Waals surface area contributed by atoms with Gasteiger partial charge in [0.15, 0.2) is 0 Å². The molecule has 15 heavy (non-hydrogen) atoms. The highest BCUT2D eigenvalue weighted by Gasteiger charge is 2.32. The molecule has 0 aromatic rings. The summed E-state index contributed by atoms with van der Waals surface area (Å²) in [4.78, 5) is 13.1. The Hall–Kier alpha value is -0.770. The molecule has 1 saturated heterocycles. The number of rotatable bonds is 2. The van der Waals surface area contributed by atoms with Crippen LogP contribution in [0.25, 0.3) is 0 Å². The maximum Gasteiger partial charge on any atom is 0.409 e. The van der Waals surface area contributed by atoms with Crippen LogP contribution in [0.3, 0.4) is 0 Å². The molecule has 1 N–H and O–H groups in total. The number of carbonyl (C=O) groups excluding carboxylic acids is 1. The van der Waals surface area contributed by atoms with Crippen LogP contribution in [0, 0.1) is 5.92 Å². The van der Waals surface area contributed by atoms with Crippen molar-refractivity contribution in [2.24, 2.45) is 5.92 Å². The van der Waals surface area contributed by atoms with Crippen molar-refractivity contribution in [1.82, 2.24) is 4.90 Å². The first-order chi connectivity index (χ1) is 6.95. The molecule has 1 amide bonds. The number of aliphatic hydroxyl groups is 1. The van der Waals surface area contributed by atoms with E-state index in [4.69, 9.17) is 4.74 Å². The SMILES string of the molecule is CCOC(=O)N1CCC(C(C)(C)O)CC1. The molecule has 0 bridgehead atoms. The zero-order valence-electron chi connectivity index (χ0n) is 9.82. The van der Waals surface area contributed by atoms with Crippen molar-refractivity contribution in [2.45, 2.75) is 39.2 Å². The minimum absolute atomic E-state index is 0.230. The van der Waals surface area contributed by atoms with Crippen molar-refractivity contribution in [1.29, 1.82) is 0 Å². The molecule has 1 aliphatic rings. The van der Waals surface area contributed by atoms with Crippen LogP contribution in [0.15, 0.2) is 0 Å². The smallest absolute Gasteiger partial charge is 0.409 e. The van der Waals surface area contributed by atoms with Crippen LogP contribution in [-0.2, 0) is 4.74 Å². The second-order valence-corrected chi connectivity index (χ2v) is 4.61. The van der Waals surface area contributed by atoms with Gasteiger partial charge in [-0.2, -0.15) is 0 Å². The van der Waals surface area contributed by atoms with Crippen molar-refractivity contribution >= 4 is 6.09 Å². The highest BCUT2D eigenvalue weighted by molar-refractivity contribution is 5.67. The number of hydrogen-bond donors (Lipinski definition) is 1. The first kappa shape index (κ1) is 12.3. The van der Waals surface area contributed by atoms with Gasteiger partial charge in [-0.25, -0.2) is 4.79 Å². The van der Waals surface area contributed by atoms with Gasteiger partial charge in [0.05, 0.1) is 12.2 Å². The highest BCUT2D eigenvalue weighted by Crippen LogP contribution is 2.27. The summed E-state index contributed by atoms with van der Waals surface area (Å²) in [6, 6.07) is 0. The Morgan fingerprint density at radius 3 is 2.40 bits per heavy atom. The molecule has 4 heteroatoms. The van der Waals surface area contributed by atoms with E-state index in [0.717, 1.165) is 12.8 Å². The number of carbonyl (C=O) groups is 1. The summed E-state index contributed by atoms with van der Waals surface area (Å²) in [5.41, 5.74) is -0.638. The van der Waals surface area contributed by atoms with E-state index in [-0.39, 0.29) is 12.0 Å². The Morgan fingerprint density at radius 2 is 2.00 bits per heavy atom. The van der Waals surface area contributed by atoms with Crippen LogP contribution in [0.2, 0.25) is 0 Å². The van der Waals surface area contributed by atoms with E-state index >= 15 is 0 Å². The number of likely N-dealkylation sites (tertiary alicyclic amines) is 1. The molecule has 0 radical (unpaired) electrons. The van der Waals surface area contributed by atoms with Gasteiger partial charge >= 0.3 is 6.09 Å². The molecule has 1 heterocycles. The molecule has 1 fully saturated rings. The van der Waals surface area contributed by atoms with Gasteiger partial charge in [0, 0.05) is 13.1 Å². The quantitative estimate of drug-likeness (QED) is 0.761. The third-order valence-electron chi connectivity index (χ3n) is 3.02. The van der Waals surface area contributed by atoms with Gasteiger partial charge in [-0.05, 0) is 39.5 Å². The van der Waals surface area contributed by atoms with Crippen LogP contribution in [0.5, 0.6) is 0 Å². The Labute approximate surface area is 91.2 Å². The lowest BCUT2D eigenvalue weighted by Crippen LogP contribution is -2.44. The van der Waals surface area contributed by atoms with Gasteiger partial charge < -0.3 is 14.7 Å². The minimum Gasteiger partial charge on any atom is -0.450 e. The standard InChI is InChI=1S/C11H21NO3/c1-4-15-10(13)12-7-5-9(6-8-12)11(2,3)14/h9,14H,4-8H2,1-3H3. The lowest BCUT2D eigenvalue weighted by atomic mass is 9.83. The van der Waals surface area contributed by atoms with E-state index in [1.54, 1.807) is 4.90 Å². The van der Waals surface area contributed by atoms with Crippen LogP contribution in [0.4, 0.5) is 4.79 Å². The molecule has 0 unspecified atom stereocenters. The largest absolute Gasteiger partial charge is 0.450 e. The van der Waals surface area contributed by atoms with Crippen LogP contribution >= 0.6 is 0 Å². The summed E-state index contributed by atoms with van der Waals surface area (Å²) in [5, 5.41) is 9.84. The molecule has 88 valence electrons. The molecule has 0 spiro atoms. The Morgan fingerprint density at radius 1 is 1.47 bits per heavy atom. The number of ether oxygens (including phenoxy) is 1. The Bertz CT molecular complexity index is 214. The highest BCUT2D eigenvalue weighted by atomic mass is 16.6. The number of hydrogen-bond acceptors (Lipinski definition) is 3. The Kier molecular flexibility index (Phi) is 3.97. The first-order valence-corrected chi connectivity index (χ1v) is 5.59. The molecular formula is C11H21NO3. The lowest BCUT2D eigenvalue weighted by molar-refractivity contribution is -0.0126. The summed E-state index contributed by atoms with van der Waals surface area (Å²) >= 11 is 0. The molecule has 0 aromatic carbocycles. The number of nitrogens with zero attached hydrogens (tertiary/aromatic N) is 1. The summed E-state index contributed by atoms with van der Waals surface area (Å²) in [6.07, 6.45) is 1.47. The van der Waals surface area contributed by atoms with Crippen molar-refractivity contribution < 1.29 is 14.6 Å². The van der Waals surface area contributed by atoms with Gasteiger partial charge in [-0.15, -0.1) is 0 Å². The molecule has 0 aromatic heterocycles. The van der Waals surface area contributed by atoms with Crippen molar-refractivity contribution in [2.75, 3.05) is 19.7 Å². The molecular weight excluding hydrogens is 194 g/mol. The maximum atomic E-state index is 11.4. The van der Waals surface area contributed by atoms with E-state index in [1.807, 2.05) is 20.8 Å². The van der Waals surface area contributed by atoms with Gasteiger partial charge in [-0.1, -0.05) is 0 Å². The fraction of sp³-hybridized carbons (Fsp3) is 0.909. The molecule has 1 aliphatic heterocycles. The monoisotopic (exact) mass is 215 g/mol. The van der Waals surface area contributed by atoms with E-state index < -0.39 is 5.60 Å². The summed E-state index contributed by atoms with van der Waals surface area (Å²) in [5.74, 6) is 0.281. The fourth-order valence-electron chi connectivity index (χ4n) is 1.98. The molecule has 1 rings (SSSR count). The number of amides is 1. The van der Waals surface area contributed by atoms with Gasteiger partial charge in [0.2, 0.25) is 0 Å². The van der Waals surface area contributed by atoms with Crippen LogP contribution in [0.1, 0.15) is 33.6 Å². The van der Waals surface area contributed by atoms with Crippen LogP contribution < -0.4 is 0 Å². The predicted molar refractivity (Wildman–Crippen MR) is 57.6 cm³/mol. The minimum atomic E-state index is -0.638. The average Bonchev–Trinajstić information content (AvgIpc) is 2.17. The van der Waals surface area contributed by atoms with Crippen molar-refractivity contribution in [3.05, 3.63) is 0 Å². The van der Waals surface area contributed by atoms with E-state index in [9.17, 15) is 9.90 Å². The topological polar surface area (TPSA) is 49.8 Å². The maximum absolute atomic E-state index is 11.4. The Balaban J connectivity index is 2.39. The third-order valence-corrected chi connectivity index (χ3v) is 3.02. The van der Waals surface area contributed by atoms with Crippen molar-refractivity contribution in [3.63, 3.8) is 0 Å². The molecule has 0 atom stereocenters. The average molecular weight is 215 g/mol. The van der Waals surface area contributed by atoms with E-state index in [0.29, 0.717) is 19.7 Å². The summed E-state index contributed by atoms with van der Waals surface area (Å²) in [7, 11) is 0. The van der Waals surface area contributed by atoms with Gasteiger partial charge in [0.1, 0.15) is 0 Å². The number of piperidine rings is 1. The zero-order valence-corrected chi connectivity index (χ0v) is 9.82. The molecule has 4 nitrogen and oxygen atoms in total. The molecule has 0 aliphatic carbocycles. The summed E-state index contributed by atoms with van der Waals surface area (Å²) < 4.78 is 4.93. The van der Waals surface area contributed by atoms with Gasteiger partial charge in [0.25, 0.3) is 0 Å². The van der Waals surface area contributed by atoms with Crippen molar-refractivity contribution in [3.8, 4) is 0 Å². The first-order valence-electron chi connectivity index (χ1n) is 5.59. The zero-order chi connectivity index (χ0) is 11.5. The van der Waals surface area contributed by atoms with E-state index in [2.05, 4.69) is 0 Å². The van der Waals surface area contributed by atoms with Crippen LogP contribution in [-0.4, -0.2) is 41.4 Å².